The molecule has 2 N–H and O–H groups in total. The standard InChI is InChI=1S/C15H23NO3/c1-3-14(12-7-9-13(17)10-8-12)16-11-5-6-15(18)19-4-2/h7-10,14,16-17H,3-6,11H2,1-2H3. The smallest absolute Gasteiger partial charge is 0.305 e. The summed E-state index contributed by atoms with van der Waals surface area (Å²) in [6, 6.07) is 7.48. The molecule has 0 heterocycles. The first-order valence-corrected chi connectivity index (χ1v) is 6.85. The highest BCUT2D eigenvalue weighted by Gasteiger charge is 2.08. The van der Waals surface area contributed by atoms with Gasteiger partial charge >= 0.3 is 5.97 Å². The number of ether oxygens (including phenoxy) is 1. The number of hydrogen-bond donors (Lipinski definition) is 2. The molecule has 0 aliphatic rings. The summed E-state index contributed by atoms with van der Waals surface area (Å²) in [5, 5.41) is 12.7. The average molecular weight is 265 g/mol. The van der Waals surface area contributed by atoms with Gasteiger partial charge in [-0.25, -0.2) is 0 Å². The lowest BCUT2D eigenvalue weighted by Crippen LogP contribution is -2.22. The van der Waals surface area contributed by atoms with Crippen LogP contribution in [0, 0.1) is 0 Å². The number of carbonyl (C=O) groups is 1. The third-order valence-electron chi connectivity index (χ3n) is 2.96. The number of benzene rings is 1. The Hall–Kier alpha value is -1.55. The maximum absolute atomic E-state index is 11.2. The van der Waals surface area contributed by atoms with Gasteiger partial charge in [0.2, 0.25) is 0 Å². The molecule has 0 fully saturated rings. The monoisotopic (exact) mass is 265 g/mol. The maximum Gasteiger partial charge on any atom is 0.305 e. The fourth-order valence-electron chi connectivity index (χ4n) is 1.95. The number of hydrogen-bond acceptors (Lipinski definition) is 4. The van der Waals surface area contributed by atoms with Crippen LogP contribution < -0.4 is 5.32 Å². The molecule has 0 saturated carbocycles. The predicted octanol–water partition coefficient (Wildman–Crippen LogP) is 2.78. The molecule has 19 heavy (non-hydrogen) atoms. The Bertz CT molecular complexity index is 375. The molecule has 1 rings (SSSR count). The molecular formula is C15H23NO3. The minimum absolute atomic E-state index is 0.137. The van der Waals surface area contributed by atoms with Crippen LogP contribution in [-0.2, 0) is 9.53 Å². The fraction of sp³-hybridized carbons (Fsp3) is 0.533. The Morgan fingerprint density at radius 2 is 2.00 bits per heavy atom. The van der Waals surface area contributed by atoms with Crippen LogP contribution in [0.1, 0.15) is 44.7 Å². The third kappa shape index (κ3) is 5.75. The maximum atomic E-state index is 11.2. The molecule has 4 heteroatoms. The van der Waals surface area contributed by atoms with Crippen LogP contribution in [0.4, 0.5) is 0 Å². The first-order valence-electron chi connectivity index (χ1n) is 6.85. The van der Waals surface area contributed by atoms with Gasteiger partial charge in [-0.05, 0) is 44.0 Å². The molecule has 0 aromatic heterocycles. The summed E-state index contributed by atoms with van der Waals surface area (Å²) in [6.45, 7) is 5.14. The van der Waals surface area contributed by atoms with Crippen LogP contribution in [0.15, 0.2) is 24.3 Å². The lowest BCUT2D eigenvalue weighted by Gasteiger charge is -2.17. The SMILES string of the molecule is CCOC(=O)CCCNC(CC)c1ccc(O)cc1. The summed E-state index contributed by atoms with van der Waals surface area (Å²) in [6.07, 6.45) is 2.18. The van der Waals surface area contributed by atoms with E-state index in [1.165, 1.54) is 0 Å². The minimum Gasteiger partial charge on any atom is -0.508 e. The molecule has 0 saturated heterocycles. The third-order valence-corrected chi connectivity index (χ3v) is 2.96. The number of nitrogens with one attached hydrogen (secondary N) is 1. The average Bonchev–Trinajstić information content (AvgIpc) is 2.41. The van der Waals surface area contributed by atoms with Gasteiger partial charge in [-0.15, -0.1) is 0 Å². The van der Waals surface area contributed by atoms with E-state index in [1.54, 1.807) is 12.1 Å². The van der Waals surface area contributed by atoms with Crippen molar-refractivity contribution in [2.75, 3.05) is 13.2 Å². The Balaban J connectivity index is 2.33. The normalized spacial score (nSPS) is 12.1. The molecule has 106 valence electrons. The highest BCUT2D eigenvalue weighted by Crippen LogP contribution is 2.19. The molecule has 0 bridgehead atoms. The molecule has 4 nitrogen and oxygen atoms in total. The molecule has 1 unspecified atom stereocenters. The number of phenols is 1. The van der Waals surface area contributed by atoms with Crippen molar-refractivity contribution in [1.29, 1.82) is 0 Å². The Labute approximate surface area is 114 Å². The summed E-state index contributed by atoms with van der Waals surface area (Å²) in [5.41, 5.74) is 1.15. The quantitative estimate of drug-likeness (QED) is 0.560. The molecule has 0 aliphatic heterocycles. The van der Waals surface area contributed by atoms with E-state index in [0.717, 1.165) is 24.9 Å². The van der Waals surface area contributed by atoms with Crippen molar-refractivity contribution in [3.8, 4) is 5.75 Å². The summed E-state index contributed by atoms with van der Waals surface area (Å²) in [4.78, 5) is 11.2. The number of esters is 1. The molecule has 1 atom stereocenters. The van der Waals surface area contributed by atoms with E-state index in [0.29, 0.717) is 13.0 Å². The van der Waals surface area contributed by atoms with E-state index in [4.69, 9.17) is 4.74 Å². The minimum atomic E-state index is -0.137. The number of phenolic OH excluding ortho intramolecular Hbond substituents is 1. The summed E-state index contributed by atoms with van der Waals surface area (Å²) < 4.78 is 4.88. The van der Waals surface area contributed by atoms with Gasteiger partial charge in [-0.3, -0.25) is 4.79 Å². The zero-order valence-corrected chi connectivity index (χ0v) is 11.7. The van der Waals surface area contributed by atoms with Gasteiger partial charge in [0.15, 0.2) is 0 Å². The zero-order chi connectivity index (χ0) is 14.1. The van der Waals surface area contributed by atoms with Crippen molar-refractivity contribution >= 4 is 5.97 Å². The molecule has 1 aromatic rings. The number of carbonyl (C=O) groups excluding carboxylic acids is 1. The Morgan fingerprint density at radius 3 is 2.58 bits per heavy atom. The van der Waals surface area contributed by atoms with E-state index in [2.05, 4.69) is 12.2 Å². The first kappa shape index (κ1) is 15.5. The Morgan fingerprint density at radius 1 is 1.32 bits per heavy atom. The molecule has 0 amide bonds. The van der Waals surface area contributed by atoms with Crippen molar-refractivity contribution < 1.29 is 14.6 Å². The fourth-order valence-corrected chi connectivity index (χ4v) is 1.95. The zero-order valence-electron chi connectivity index (χ0n) is 11.7. The number of rotatable bonds is 8. The van der Waals surface area contributed by atoms with Gasteiger partial charge in [0, 0.05) is 12.5 Å². The van der Waals surface area contributed by atoms with Gasteiger partial charge in [0.1, 0.15) is 5.75 Å². The van der Waals surface area contributed by atoms with Crippen LogP contribution in [0.5, 0.6) is 5.75 Å². The van der Waals surface area contributed by atoms with Crippen molar-refractivity contribution in [1.82, 2.24) is 5.32 Å². The van der Waals surface area contributed by atoms with Gasteiger partial charge in [0.25, 0.3) is 0 Å². The molecule has 0 spiro atoms. The van der Waals surface area contributed by atoms with Crippen LogP contribution in [-0.4, -0.2) is 24.2 Å². The highest BCUT2D eigenvalue weighted by atomic mass is 16.5. The molecular weight excluding hydrogens is 242 g/mol. The van der Waals surface area contributed by atoms with Crippen LogP contribution in [0.25, 0.3) is 0 Å². The van der Waals surface area contributed by atoms with E-state index in [9.17, 15) is 9.90 Å². The molecule has 1 aromatic carbocycles. The summed E-state index contributed by atoms with van der Waals surface area (Å²) in [5.74, 6) is 0.142. The van der Waals surface area contributed by atoms with Crippen LogP contribution >= 0.6 is 0 Å². The second-order valence-electron chi connectivity index (χ2n) is 4.42. The van der Waals surface area contributed by atoms with E-state index < -0.39 is 0 Å². The van der Waals surface area contributed by atoms with Crippen LogP contribution in [0.2, 0.25) is 0 Å². The second kappa shape index (κ2) is 8.53. The van der Waals surface area contributed by atoms with E-state index in [1.807, 2.05) is 19.1 Å². The highest BCUT2D eigenvalue weighted by molar-refractivity contribution is 5.69. The van der Waals surface area contributed by atoms with E-state index >= 15 is 0 Å². The number of aromatic hydroxyl groups is 1. The van der Waals surface area contributed by atoms with Crippen molar-refractivity contribution in [3.63, 3.8) is 0 Å². The van der Waals surface area contributed by atoms with Gasteiger partial charge in [-0.1, -0.05) is 19.1 Å². The molecule has 0 aliphatic carbocycles. The summed E-state index contributed by atoms with van der Waals surface area (Å²) in [7, 11) is 0. The Kier molecular flexibility index (Phi) is 6.97. The first-order chi connectivity index (χ1) is 9.17. The lowest BCUT2D eigenvalue weighted by atomic mass is 10.0. The van der Waals surface area contributed by atoms with Crippen LogP contribution in [0.3, 0.4) is 0 Å². The van der Waals surface area contributed by atoms with Gasteiger partial charge in [-0.2, -0.15) is 0 Å². The van der Waals surface area contributed by atoms with Gasteiger partial charge < -0.3 is 15.2 Å². The van der Waals surface area contributed by atoms with Crippen molar-refractivity contribution in [2.24, 2.45) is 0 Å². The molecule has 0 radical (unpaired) electrons. The van der Waals surface area contributed by atoms with Crippen molar-refractivity contribution in [2.45, 2.75) is 39.2 Å². The van der Waals surface area contributed by atoms with E-state index in [-0.39, 0.29) is 17.8 Å². The largest absolute Gasteiger partial charge is 0.508 e. The predicted molar refractivity (Wildman–Crippen MR) is 75.0 cm³/mol. The summed E-state index contributed by atoms with van der Waals surface area (Å²) >= 11 is 0. The topological polar surface area (TPSA) is 58.6 Å². The lowest BCUT2D eigenvalue weighted by molar-refractivity contribution is -0.143. The van der Waals surface area contributed by atoms with Gasteiger partial charge in [0.05, 0.1) is 6.61 Å². The second-order valence-corrected chi connectivity index (χ2v) is 4.42. The van der Waals surface area contributed by atoms with Crippen molar-refractivity contribution in [3.05, 3.63) is 29.8 Å².